The minimum Gasteiger partial charge on any atom is -0.508 e. The number of halogens is 1. The number of guanidine groups is 1. The summed E-state index contributed by atoms with van der Waals surface area (Å²) in [5.41, 5.74) is 5.54. The lowest BCUT2D eigenvalue weighted by molar-refractivity contribution is 0.475. The number of aromatic nitrogens is 2. The molecule has 0 aliphatic rings. The maximum absolute atomic E-state index is 9.38. The predicted molar refractivity (Wildman–Crippen MR) is 138 cm³/mol. The number of para-hydroxylation sites is 1. The lowest BCUT2D eigenvalue weighted by atomic mass is 10.1. The Kier molecular flexibility index (Phi) is 9.84. The first kappa shape index (κ1) is 24.7. The zero-order chi connectivity index (χ0) is 21.3. The van der Waals surface area contributed by atoms with Gasteiger partial charge in [0, 0.05) is 18.8 Å². The monoisotopic (exact) mass is 533 g/mol. The van der Waals surface area contributed by atoms with Crippen LogP contribution in [0.3, 0.4) is 0 Å². The van der Waals surface area contributed by atoms with Crippen molar-refractivity contribution < 1.29 is 5.11 Å². The van der Waals surface area contributed by atoms with Gasteiger partial charge in [0.1, 0.15) is 5.75 Å². The third kappa shape index (κ3) is 7.27. The molecule has 2 aromatic carbocycles. The Labute approximate surface area is 201 Å². The van der Waals surface area contributed by atoms with Crippen molar-refractivity contribution in [2.75, 3.05) is 13.1 Å². The molecule has 31 heavy (non-hydrogen) atoms. The van der Waals surface area contributed by atoms with Gasteiger partial charge in [0.15, 0.2) is 5.96 Å². The number of nitrogens with one attached hydrogen (secondary N) is 2. The quantitative estimate of drug-likeness (QED) is 0.173. The zero-order valence-electron chi connectivity index (χ0n) is 18.4. The maximum Gasteiger partial charge on any atom is 0.191 e. The number of nitrogens with zero attached hydrogens (tertiary/aromatic N) is 3. The van der Waals surface area contributed by atoms with Gasteiger partial charge in [0.2, 0.25) is 0 Å². The Morgan fingerprint density at radius 2 is 1.81 bits per heavy atom. The summed E-state index contributed by atoms with van der Waals surface area (Å²) in [6.07, 6.45) is 1.94. The van der Waals surface area contributed by atoms with E-state index in [1.54, 1.807) is 12.1 Å². The maximum atomic E-state index is 9.38. The second-order valence-electron chi connectivity index (χ2n) is 7.36. The summed E-state index contributed by atoms with van der Waals surface area (Å²) < 4.78 is 1.98. The Morgan fingerprint density at radius 3 is 2.48 bits per heavy atom. The van der Waals surface area contributed by atoms with Crippen molar-refractivity contribution in [3.8, 4) is 11.4 Å². The Morgan fingerprint density at radius 1 is 1.06 bits per heavy atom. The number of hydrogen-bond donors (Lipinski definition) is 3. The normalized spacial score (nSPS) is 11.1. The first-order chi connectivity index (χ1) is 14.6. The van der Waals surface area contributed by atoms with Crippen LogP contribution < -0.4 is 10.6 Å². The molecule has 0 aliphatic heterocycles. The fourth-order valence-electron chi connectivity index (χ4n) is 3.39. The summed E-state index contributed by atoms with van der Waals surface area (Å²) in [6, 6.07) is 17.7. The molecule has 0 unspecified atom stereocenters. The second kappa shape index (κ2) is 12.3. The molecule has 0 aliphatic carbocycles. The minimum absolute atomic E-state index is 0. The van der Waals surface area contributed by atoms with Crippen LogP contribution >= 0.6 is 24.0 Å². The highest BCUT2D eigenvalue weighted by Crippen LogP contribution is 2.18. The van der Waals surface area contributed by atoms with Crippen LogP contribution in [0.1, 0.15) is 35.9 Å². The highest BCUT2D eigenvalue weighted by molar-refractivity contribution is 14.0. The average Bonchev–Trinajstić information content (AvgIpc) is 3.08. The Balaban J connectivity index is 0.00000341. The molecular weight excluding hydrogens is 501 g/mol. The third-order valence-electron chi connectivity index (χ3n) is 4.85. The molecule has 0 spiro atoms. The molecule has 3 N–H and O–H groups in total. The van der Waals surface area contributed by atoms with E-state index in [1.165, 1.54) is 5.56 Å². The van der Waals surface area contributed by atoms with E-state index in [1.807, 2.05) is 35.9 Å². The lowest BCUT2D eigenvalue weighted by Gasteiger charge is -2.13. The van der Waals surface area contributed by atoms with Crippen LogP contribution in [-0.4, -0.2) is 33.9 Å². The van der Waals surface area contributed by atoms with Crippen molar-refractivity contribution in [1.29, 1.82) is 0 Å². The van der Waals surface area contributed by atoms with Crippen LogP contribution in [-0.2, 0) is 13.0 Å². The molecule has 0 radical (unpaired) electrons. The summed E-state index contributed by atoms with van der Waals surface area (Å²) >= 11 is 0. The first-order valence-corrected chi connectivity index (χ1v) is 10.5. The van der Waals surface area contributed by atoms with E-state index in [0.717, 1.165) is 54.5 Å². The van der Waals surface area contributed by atoms with E-state index in [9.17, 15) is 5.11 Å². The standard InChI is InChI=1S/C24H31N5O.HI/c1-4-25-24(26-15-7-8-20-11-13-22(30)14-12-20)27-17-21-9-5-6-10-23(21)29-19(3)16-18(2)28-29;/h5-6,9-14,16,30H,4,7-8,15,17H2,1-3H3,(H2,25,26,27);1H. The fraction of sp³-hybridized carbons (Fsp3) is 0.333. The number of phenols is 1. The third-order valence-corrected chi connectivity index (χ3v) is 4.85. The smallest absolute Gasteiger partial charge is 0.191 e. The molecule has 0 bridgehead atoms. The molecule has 0 saturated heterocycles. The minimum atomic E-state index is 0. The van der Waals surface area contributed by atoms with Crippen molar-refractivity contribution >= 4 is 29.9 Å². The van der Waals surface area contributed by atoms with Crippen LogP contribution in [0.5, 0.6) is 5.75 Å². The van der Waals surface area contributed by atoms with Crippen molar-refractivity contribution in [2.24, 2.45) is 4.99 Å². The van der Waals surface area contributed by atoms with Crippen molar-refractivity contribution in [3.05, 3.63) is 77.1 Å². The van der Waals surface area contributed by atoms with E-state index in [4.69, 9.17) is 4.99 Å². The summed E-state index contributed by atoms with van der Waals surface area (Å²) in [5.74, 6) is 1.12. The summed E-state index contributed by atoms with van der Waals surface area (Å²) in [6.45, 7) is 8.35. The van der Waals surface area contributed by atoms with Crippen LogP contribution in [0.15, 0.2) is 59.6 Å². The van der Waals surface area contributed by atoms with Gasteiger partial charge in [-0.2, -0.15) is 5.10 Å². The molecule has 0 atom stereocenters. The van der Waals surface area contributed by atoms with E-state index in [0.29, 0.717) is 12.3 Å². The van der Waals surface area contributed by atoms with Crippen LogP contribution in [0.4, 0.5) is 0 Å². The number of aryl methyl sites for hydroxylation is 3. The number of hydrogen-bond acceptors (Lipinski definition) is 3. The van der Waals surface area contributed by atoms with Crippen molar-refractivity contribution in [3.63, 3.8) is 0 Å². The second-order valence-corrected chi connectivity index (χ2v) is 7.36. The SMILES string of the molecule is CCNC(=NCc1ccccc1-n1nc(C)cc1C)NCCCc1ccc(O)cc1.I. The number of rotatable bonds is 8. The van der Waals surface area contributed by atoms with Gasteiger partial charge >= 0.3 is 0 Å². The van der Waals surface area contributed by atoms with Crippen molar-refractivity contribution in [1.82, 2.24) is 20.4 Å². The van der Waals surface area contributed by atoms with Gasteiger partial charge in [-0.3, -0.25) is 0 Å². The topological polar surface area (TPSA) is 74.5 Å². The van der Waals surface area contributed by atoms with Gasteiger partial charge in [-0.05, 0) is 69.0 Å². The van der Waals surface area contributed by atoms with Crippen LogP contribution in [0, 0.1) is 13.8 Å². The molecule has 3 aromatic rings. The van der Waals surface area contributed by atoms with Gasteiger partial charge in [-0.1, -0.05) is 30.3 Å². The van der Waals surface area contributed by atoms with Crippen LogP contribution in [0.2, 0.25) is 0 Å². The van der Waals surface area contributed by atoms with E-state index >= 15 is 0 Å². The first-order valence-electron chi connectivity index (χ1n) is 10.5. The molecule has 0 saturated carbocycles. The molecule has 0 amide bonds. The van der Waals surface area contributed by atoms with Gasteiger partial charge in [-0.25, -0.2) is 9.67 Å². The summed E-state index contributed by atoms with van der Waals surface area (Å²) in [7, 11) is 0. The average molecular weight is 533 g/mol. The highest BCUT2D eigenvalue weighted by atomic mass is 127. The molecule has 1 heterocycles. The van der Waals surface area contributed by atoms with E-state index < -0.39 is 0 Å². The van der Waals surface area contributed by atoms with Gasteiger partial charge in [0.05, 0.1) is 17.9 Å². The molecule has 0 fully saturated rings. The number of phenolic OH excluding ortho intramolecular Hbond substituents is 1. The van der Waals surface area contributed by atoms with E-state index in [-0.39, 0.29) is 24.0 Å². The van der Waals surface area contributed by atoms with Crippen molar-refractivity contribution in [2.45, 2.75) is 40.2 Å². The zero-order valence-corrected chi connectivity index (χ0v) is 20.8. The molecule has 166 valence electrons. The van der Waals surface area contributed by atoms with Crippen LogP contribution in [0.25, 0.3) is 5.69 Å². The van der Waals surface area contributed by atoms with E-state index in [2.05, 4.69) is 47.8 Å². The Hall–Kier alpha value is -2.55. The van der Waals surface area contributed by atoms with Gasteiger partial charge in [0.25, 0.3) is 0 Å². The number of benzene rings is 2. The molecule has 7 heteroatoms. The highest BCUT2D eigenvalue weighted by Gasteiger charge is 2.08. The Bertz CT molecular complexity index is 982. The van der Waals surface area contributed by atoms with Gasteiger partial charge < -0.3 is 15.7 Å². The molecule has 1 aromatic heterocycles. The number of aliphatic imine (C=N–C) groups is 1. The predicted octanol–water partition coefficient (Wildman–Crippen LogP) is 4.50. The molecule has 3 rings (SSSR count). The number of aromatic hydroxyl groups is 1. The van der Waals surface area contributed by atoms with Gasteiger partial charge in [-0.15, -0.1) is 24.0 Å². The fourth-order valence-corrected chi connectivity index (χ4v) is 3.39. The molecule has 6 nitrogen and oxygen atoms in total. The summed E-state index contributed by atoms with van der Waals surface area (Å²) in [4.78, 5) is 4.78. The lowest BCUT2D eigenvalue weighted by Crippen LogP contribution is -2.37. The molecular formula is C24H32IN5O. The summed E-state index contributed by atoms with van der Waals surface area (Å²) in [5, 5.41) is 20.7. The largest absolute Gasteiger partial charge is 0.508 e.